The van der Waals surface area contributed by atoms with Gasteiger partial charge in [0.2, 0.25) is 23.6 Å². The Bertz CT molecular complexity index is 568. The van der Waals surface area contributed by atoms with Crippen molar-refractivity contribution in [1.82, 2.24) is 16.0 Å². The Morgan fingerprint density at radius 3 is 1.70 bits per heavy atom. The van der Waals surface area contributed by atoms with Crippen LogP contribution in [0, 0.1) is 0 Å². The summed E-state index contributed by atoms with van der Waals surface area (Å²) >= 11 is 0. The van der Waals surface area contributed by atoms with Crippen molar-refractivity contribution in [3.05, 3.63) is 0 Å². The molecule has 154 valence electrons. The third-order valence-electron chi connectivity index (χ3n) is 3.34. The molecular formula is C14H25N5O8. The van der Waals surface area contributed by atoms with Gasteiger partial charge in [0.1, 0.15) is 18.1 Å². The Morgan fingerprint density at radius 1 is 0.852 bits per heavy atom. The van der Waals surface area contributed by atoms with Gasteiger partial charge in [-0.15, -0.1) is 0 Å². The normalized spacial score (nSPS) is 15.0. The molecule has 4 atom stereocenters. The number of carbonyl (C=O) groups is 5. The van der Waals surface area contributed by atoms with E-state index in [9.17, 15) is 29.1 Å². The maximum absolute atomic E-state index is 12.2. The number of carboxylic acids is 1. The predicted octanol–water partition coefficient (Wildman–Crippen LogP) is -4.88. The minimum Gasteiger partial charge on any atom is -0.480 e. The van der Waals surface area contributed by atoms with Crippen LogP contribution < -0.4 is 27.4 Å². The molecule has 13 nitrogen and oxygen atoms in total. The molecule has 0 aliphatic carbocycles. The zero-order chi connectivity index (χ0) is 21.1. The molecule has 13 heteroatoms. The fraction of sp³-hybridized carbons (Fsp3) is 0.643. The van der Waals surface area contributed by atoms with E-state index >= 15 is 0 Å². The first-order chi connectivity index (χ1) is 12.5. The smallest absolute Gasteiger partial charge is 0.328 e. The molecule has 0 saturated carbocycles. The number of nitrogens with one attached hydrogen (secondary N) is 3. The molecule has 27 heavy (non-hydrogen) atoms. The van der Waals surface area contributed by atoms with E-state index < -0.39 is 67.0 Å². The molecule has 0 aromatic heterocycles. The summed E-state index contributed by atoms with van der Waals surface area (Å²) in [5.74, 6) is -4.98. The molecule has 0 radical (unpaired) electrons. The number of hydrogen-bond donors (Lipinski definition) is 8. The van der Waals surface area contributed by atoms with Crippen LogP contribution in [0.25, 0.3) is 0 Å². The van der Waals surface area contributed by atoms with E-state index in [4.69, 9.17) is 21.7 Å². The molecule has 0 aliphatic heterocycles. The Kier molecular flexibility index (Phi) is 10.6. The molecule has 0 spiro atoms. The molecule has 10 N–H and O–H groups in total. The zero-order valence-electron chi connectivity index (χ0n) is 14.7. The van der Waals surface area contributed by atoms with Crippen LogP contribution in [-0.4, -0.2) is 82.3 Å². The van der Waals surface area contributed by atoms with Crippen molar-refractivity contribution in [3.63, 3.8) is 0 Å². The lowest BCUT2D eigenvalue weighted by atomic mass is 10.1. The zero-order valence-corrected chi connectivity index (χ0v) is 14.7. The van der Waals surface area contributed by atoms with Crippen LogP contribution in [0.5, 0.6) is 0 Å². The number of carbonyl (C=O) groups excluding carboxylic acids is 4. The Hall–Kier alpha value is -2.77. The number of nitrogens with two attached hydrogens (primary N) is 2. The average molecular weight is 391 g/mol. The maximum atomic E-state index is 12.2. The molecule has 0 rings (SSSR count). The first-order valence-electron chi connectivity index (χ1n) is 7.93. The summed E-state index contributed by atoms with van der Waals surface area (Å²) in [4.78, 5) is 57.8. The van der Waals surface area contributed by atoms with Crippen LogP contribution in [0.3, 0.4) is 0 Å². The van der Waals surface area contributed by atoms with E-state index in [2.05, 4.69) is 10.6 Å². The van der Waals surface area contributed by atoms with Crippen LogP contribution in [0.4, 0.5) is 0 Å². The quantitative estimate of drug-likeness (QED) is 0.159. The lowest BCUT2D eigenvalue weighted by molar-refractivity contribution is -0.143. The first-order valence-corrected chi connectivity index (χ1v) is 7.93. The third kappa shape index (κ3) is 8.94. The highest BCUT2D eigenvalue weighted by Crippen LogP contribution is 2.00. The molecule has 0 fully saturated rings. The van der Waals surface area contributed by atoms with Crippen molar-refractivity contribution >= 4 is 29.6 Å². The highest BCUT2D eigenvalue weighted by molar-refractivity contribution is 5.94. The number of aliphatic carboxylic acids is 1. The van der Waals surface area contributed by atoms with Crippen LogP contribution >= 0.6 is 0 Å². The summed E-state index contributed by atoms with van der Waals surface area (Å²) in [5.41, 5.74) is 10.4. The number of aliphatic hydroxyl groups is 2. The molecule has 0 aliphatic rings. The van der Waals surface area contributed by atoms with Crippen molar-refractivity contribution in [2.24, 2.45) is 11.5 Å². The highest BCUT2D eigenvalue weighted by Gasteiger charge is 2.29. The molecule has 0 aromatic carbocycles. The SMILES string of the molecule is CC(N)C(=O)NC(CO)C(=O)NC(CCC(N)=O)C(=O)NC(CO)C(=O)O. The Balaban J connectivity index is 5.18. The number of primary amides is 1. The molecule has 4 unspecified atom stereocenters. The standard InChI is InChI=1S/C14H25N5O8/c1-6(15)11(23)18-8(4-20)13(25)17-7(2-3-10(16)22)12(24)19-9(5-21)14(26)27/h6-9,20-21H,2-5,15H2,1H3,(H2,16,22)(H,17,25)(H,18,23)(H,19,24)(H,26,27). The van der Waals surface area contributed by atoms with Crippen molar-refractivity contribution in [2.45, 2.75) is 43.9 Å². The summed E-state index contributed by atoms with van der Waals surface area (Å²) < 4.78 is 0. The molecular weight excluding hydrogens is 366 g/mol. The van der Waals surface area contributed by atoms with Crippen molar-refractivity contribution in [2.75, 3.05) is 13.2 Å². The van der Waals surface area contributed by atoms with Crippen molar-refractivity contribution < 1.29 is 39.3 Å². The number of aliphatic hydroxyl groups excluding tert-OH is 2. The van der Waals surface area contributed by atoms with Gasteiger partial charge >= 0.3 is 5.97 Å². The van der Waals surface area contributed by atoms with Gasteiger partial charge in [0, 0.05) is 6.42 Å². The van der Waals surface area contributed by atoms with Gasteiger partial charge in [-0.25, -0.2) is 4.79 Å². The van der Waals surface area contributed by atoms with Gasteiger partial charge in [-0.05, 0) is 13.3 Å². The van der Waals surface area contributed by atoms with E-state index in [1.807, 2.05) is 5.32 Å². The monoisotopic (exact) mass is 391 g/mol. The van der Waals surface area contributed by atoms with E-state index in [1.165, 1.54) is 6.92 Å². The molecule has 4 amide bonds. The first kappa shape index (κ1) is 24.2. The second-order valence-corrected chi connectivity index (χ2v) is 5.68. The van der Waals surface area contributed by atoms with Gasteiger partial charge in [0.05, 0.1) is 19.3 Å². The lowest BCUT2D eigenvalue weighted by Crippen LogP contribution is -2.58. The van der Waals surface area contributed by atoms with Gasteiger partial charge in [0.25, 0.3) is 0 Å². The average Bonchev–Trinajstić information content (AvgIpc) is 2.59. The van der Waals surface area contributed by atoms with Crippen LogP contribution in [-0.2, 0) is 24.0 Å². The summed E-state index contributed by atoms with van der Waals surface area (Å²) in [7, 11) is 0. The van der Waals surface area contributed by atoms with Crippen LogP contribution in [0.1, 0.15) is 19.8 Å². The second kappa shape index (κ2) is 11.8. The highest BCUT2D eigenvalue weighted by atomic mass is 16.4. The number of hydrogen-bond acceptors (Lipinski definition) is 8. The summed E-state index contributed by atoms with van der Waals surface area (Å²) in [6.45, 7) is -0.351. The van der Waals surface area contributed by atoms with Crippen LogP contribution in [0.2, 0.25) is 0 Å². The lowest BCUT2D eigenvalue weighted by Gasteiger charge is -2.23. The van der Waals surface area contributed by atoms with E-state index in [0.29, 0.717) is 0 Å². The predicted molar refractivity (Wildman–Crippen MR) is 89.7 cm³/mol. The molecule has 0 saturated heterocycles. The van der Waals surface area contributed by atoms with Gasteiger partial charge in [-0.3, -0.25) is 19.2 Å². The fourth-order valence-electron chi connectivity index (χ4n) is 1.78. The summed E-state index contributed by atoms with van der Waals surface area (Å²) in [5, 5.41) is 33.4. The summed E-state index contributed by atoms with van der Waals surface area (Å²) in [6, 6.07) is -5.42. The Morgan fingerprint density at radius 2 is 1.30 bits per heavy atom. The van der Waals surface area contributed by atoms with Gasteiger partial charge in [-0.1, -0.05) is 0 Å². The van der Waals surface area contributed by atoms with Crippen LogP contribution in [0.15, 0.2) is 0 Å². The largest absolute Gasteiger partial charge is 0.480 e. The number of amides is 4. The number of rotatable bonds is 12. The fourth-order valence-corrected chi connectivity index (χ4v) is 1.78. The van der Waals surface area contributed by atoms with E-state index in [0.717, 1.165) is 0 Å². The topological polar surface area (TPSA) is 234 Å². The maximum Gasteiger partial charge on any atom is 0.328 e. The molecule has 0 bridgehead atoms. The second-order valence-electron chi connectivity index (χ2n) is 5.68. The Labute approximate surface area is 154 Å². The number of carboxylic acid groups (broad SMARTS) is 1. The minimum atomic E-state index is -1.63. The molecule has 0 heterocycles. The third-order valence-corrected chi connectivity index (χ3v) is 3.34. The minimum absolute atomic E-state index is 0.274. The van der Waals surface area contributed by atoms with Gasteiger partial charge < -0.3 is 42.7 Å². The summed E-state index contributed by atoms with van der Waals surface area (Å²) in [6.07, 6.45) is -0.588. The van der Waals surface area contributed by atoms with Crippen molar-refractivity contribution in [3.8, 4) is 0 Å². The van der Waals surface area contributed by atoms with Gasteiger partial charge in [0.15, 0.2) is 0 Å². The van der Waals surface area contributed by atoms with E-state index in [-0.39, 0.29) is 12.8 Å². The molecule has 0 aromatic rings. The van der Waals surface area contributed by atoms with Crippen molar-refractivity contribution in [1.29, 1.82) is 0 Å². The van der Waals surface area contributed by atoms with E-state index in [1.54, 1.807) is 0 Å². The van der Waals surface area contributed by atoms with Gasteiger partial charge in [-0.2, -0.15) is 0 Å².